The molecule has 1 aromatic carbocycles. The molecule has 30 heavy (non-hydrogen) atoms. The number of hydrogen-bond donors (Lipinski definition) is 3. The van der Waals surface area contributed by atoms with Gasteiger partial charge in [0.1, 0.15) is 0 Å². The van der Waals surface area contributed by atoms with Gasteiger partial charge in [-0.2, -0.15) is 18.3 Å². The van der Waals surface area contributed by atoms with E-state index in [1.54, 1.807) is 12.4 Å². The fraction of sp³-hybridized carbons (Fsp3) is 0.364. The molecule has 8 heteroatoms. The number of anilines is 1. The van der Waals surface area contributed by atoms with Gasteiger partial charge in [0.2, 0.25) is 0 Å². The molecule has 0 bridgehead atoms. The lowest BCUT2D eigenvalue weighted by atomic mass is 9.91. The third-order valence-electron chi connectivity index (χ3n) is 5.85. The molecule has 2 aliphatic rings. The molecule has 156 valence electrons. The summed E-state index contributed by atoms with van der Waals surface area (Å²) in [6.07, 6.45) is 0.0782. The summed E-state index contributed by atoms with van der Waals surface area (Å²) in [5, 5.41) is 14.6. The lowest BCUT2D eigenvalue weighted by molar-refractivity contribution is -0.127. The molecular formula is C22H22F3N5. The average Bonchev–Trinajstić information content (AvgIpc) is 3.08. The average molecular weight is 413 g/mol. The third kappa shape index (κ3) is 3.67. The van der Waals surface area contributed by atoms with Crippen molar-refractivity contribution in [1.82, 2.24) is 20.5 Å². The number of aromatic nitrogens is 3. The number of H-pyrrole nitrogens is 1. The van der Waals surface area contributed by atoms with E-state index >= 15 is 0 Å². The van der Waals surface area contributed by atoms with Crippen LogP contribution in [0.3, 0.4) is 0 Å². The van der Waals surface area contributed by atoms with Crippen LogP contribution in [0.1, 0.15) is 36.1 Å². The number of alkyl halides is 3. The monoisotopic (exact) mass is 413 g/mol. The first-order valence-electron chi connectivity index (χ1n) is 10.2. The summed E-state index contributed by atoms with van der Waals surface area (Å²) < 4.78 is 40.2. The molecule has 0 atom stereocenters. The molecular weight excluding hydrogens is 391 g/mol. The van der Waals surface area contributed by atoms with Crippen LogP contribution in [0, 0.1) is 0 Å². The Morgan fingerprint density at radius 1 is 1.07 bits per heavy atom. The predicted octanol–water partition coefficient (Wildman–Crippen LogP) is 4.43. The molecule has 1 aliphatic carbocycles. The van der Waals surface area contributed by atoms with E-state index in [1.807, 2.05) is 24.3 Å². The van der Waals surface area contributed by atoms with Crippen molar-refractivity contribution in [1.29, 1.82) is 0 Å². The largest absolute Gasteiger partial charge is 0.392 e. The molecule has 1 saturated heterocycles. The van der Waals surface area contributed by atoms with Crippen LogP contribution in [0.15, 0.2) is 42.2 Å². The van der Waals surface area contributed by atoms with Crippen molar-refractivity contribution in [3.63, 3.8) is 0 Å². The van der Waals surface area contributed by atoms with Gasteiger partial charge in [0.05, 0.1) is 41.8 Å². The highest BCUT2D eigenvalue weighted by atomic mass is 19.4. The van der Waals surface area contributed by atoms with Crippen LogP contribution in [0.5, 0.6) is 0 Å². The maximum absolute atomic E-state index is 13.4. The van der Waals surface area contributed by atoms with Gasteiger partial charge in [0, 0.05) is 24.0 Å². The zero-order chi connectivity index (χ0) is 20.7. The number of halogens is 3. The van der Waals surface area contributed by atoms with Gasteiger partial charge in [-0.3, -0.25) is 10.1 Å². The number of benzene rings is 1. The van der Waals surface area contributed by atoms with Crippen LogP contribution in [0.2, 0.25) is 0 Å². The van der Waals surface area contributed by atoms with E-state index in [1.165, 1.54) is 0 Å². The van der Waals surface area contributed by atoms with Crippen LogP contribution < -0.4 is 10.6 Å². The summed E-state index contributed by atoms with van der Waals surface area (Å²) in [4.78, 5) is 4.57. The summed E-state index contributed by atoms with van der Waals surface area (Å²) in [6, 6.07) is 7.89. The Kier molecular flexibility index (Phi) is 4.73. The summed E-state index contributed by atoms with van der Waals surface area (Å²) in [5.41, 5.74) is 5.24. The highest BCUT2D eigenvalue weighted by Crippen LogP contribution is 2.41. The van der Waals surface area contributed by atoms with Crippen molar-refractivity contribution in [3.05, 3.63) is 59.1 Å². The number of aromatic amines is 1. The van der Waals surface area contributed by atoms with Crippen molar-refractivity contribution >= 4 is 22.2 Å². The fourth-order valence-corrected chi connectivity index (χ4v) is 4.36. The molecule has 0 spiro atoms. The van der Waals surface area contributed by atoms with E-state index in [0.29, 0.717) is 42.1 Å². The van der Waals surface area contributed by atoms with Gasteiger partial charge in [-0.1, -0.05) is 11.6 Å². The Morgan fingerprint density at radius 2 is 1.93 bits per heavy atom. The highest BCUT2D eigenvalue weighted by Gasteiger charge is 2.32. The molecule has 1 aliphatic heterocycles. The molecule has 0 amide bonds. The first-order valence-corrected chi connectivity index (χ1v) is 10.2. The smallest absolute Gasteiger partial charge is 0.379 e. The Balaban J connectivity index is 1.61. The lowest BCUT2D eigenvalue weighted by Crippen LogP contribution is -2.51. The molecule has 3 aromatic rings. The van der Waals surface area contributed by atoms with Crippen LogP contribution in [0.4, 0.5) is 18.9 Å². The number of nitrogens with one attached hydrogen (secondary N) is 3. The molecule has 5 nitrogen and oxygen atoms in total. The number of aryl methyl sites for hydroxylation is 1. The summed E-state index contributed by atoms with van der Waals surface area (Å²) >= 11 is 0. The molecule has 3 N–H and O–H groups in total. The zero-order valence-corrected chi connectivity index (χ0v) is 16.3. The van der Waals surface area contributed by atoms with E-state index in [0.717, 1.165) is 40.8 Å². The second kappa shape index (κ2) is 7.43. The SMILES string of the molecule is FC(F)(F)CC1=C(c2ccc(NC3CNC3)cn2)c2ccc3[nH]ncc3c2CCC1. The van der Waals surface area contributed by atoms with E-state index in [9.17, 15) is 13.2 Å². The van der Waals surface area contributed by atoms with Crippen molar-refractivity contribution in [2.45, 2.75) is 37.9 Å². The second-order valence-electron chi connectivity index (χ2n) is 7.98. The third-order valence-corrected chi connectivity index (χ3v) is 5.85. The topological polar surface area (TPSA) is 65.6 Å². The van der Waals surface area contributed by atoms with Crippen molar-refractivity contribution in [2.24, 2.45) is 0 Å². The van der Waals surface area contributed by atoms with Crippen molar-refractivity contribution in [2.75, 3.05) is 18.4 Å². The minimum atomic E-state index is -4.26. The Bertz CT molecular complexity index is 1090. The fourth-order valence-electron chi connectivity index (χ4n) is 4.36. The number of pyridine rings is 1. The van der Waals surface area contributed by atoms with Gasteiger partial charge in [-0.25, -0.2) is 0 Å². The number of nitrogens with zero attached hydrogens (tertiary/aromatic N) is 2. The van der Waals surface area contributed by atoms with Gasteiger partial charge < -0.3 is 10.6 Å². The first kappa shape index (κ1) is 19.1. The Morgan fingerprint density at radius 3 is 2.63 bits per heavy atom. The minimum absolute atomic E-state index is 0.366. The molecule has 0 saturated carbocycles. The number of rotatable bonds is 4. The molecule has 3 heterocycles. The van der Waals surface area contributed by atoms with Crippen molar-refractivity contribution < 1.29 is 13.2 Å². The van der Waals surface area contributed by atoms with Crippen LogP contribution in [-0.2, 0) is 6.42 Å². The van der Waals surface area contributed by atoms with E-state index in [-0.39, 0.29) is 0 Å². The number of hydrogen-bond acceptors (Lipinski definition) is 4. The molecule has 0 unspecified atom stereocenters. The van der Waals surface area contributed by atoms with Gasteiger partial charge in [0.25, 0.3) is 0 Å². The maximum Gasteiger partial charge on any atom is 0.392 e. The second-order valence-corrected chi connectivity index (χ2v) is 7.98. The van der Waals surface area contributed by atoms with Gasteiger partial charge in [0.15, 0.2) is 0 Å². The van der Waals surface area contributed by atoms with Crippen LogP contribution in [-0.4, -0.2) is 40.5 Å². The standard InChI is InChI=1S/C22H22F3N5/c23-22(24,25)8-13-2-1-3-16-17(5-7-19-18(16)12-28-30-19)21(13)20-6-4-14(11-27-20)29-15-9-26-10-15/h4-7,11-12,15,26,29H,1-3,8-10H2,(H,28,30). The van der Waals surface area contributed by atoms with Gasteiger partial charge in [-0.05, 0) is 48.6 Å². The molecule has 2 aromatic heterocycles. The van der Waals surface area contributed by atoms with Gasteiger partial charge in [-0.15, -0.1) is 0 Å². The quantitative estimate of drug-likeness (QED) is 0.592. The first-order chi connectivity index (χ1) is 14.5. The normalized spacial score (nSPS) is 17.6. The zero-order valence-electron chi connectivity index (χ0n) is 16.3. The molecule has 0 radical (unpaired) electrons. The highest BCUT2D eigenvalue weighted by molar-refractivity contribution is 5.92. The Hall–Kier alpha value is -2.87. The predicted molar refractivity (Wildman–Crippen MR) is 110 cm³/mol. The van der Waals surface area contributed by atoms with Crippen LogP contribution in [0.25, 0.3) is 16.5 Å². The Labute approximate surface area is 171 Å². The summed E-state index contributed by atoms with van der Waals surface area (Å²) in [5.74, 6) is 0. The van der Waals surface area contributed by atoms with Crippen LogP contribution >= 0.6 is 0 Å². The molecule has 1 fully saturated rings. The van der Waals surface area contributed by atoms with E-state index < -0.39 is 12.6 Å². The van der Waals surface area contributed by atoms with Gasteiger partial charge >= 0.3 is 6.18 Å². The lowest BCUT2D eigenvalue weighted by Gasteiger charge is -2.28. The van der Waals surface area contributed by atoms with E-state index in [4.69, 9.17) is 0 Å². The maximum atomic E-state index is 13.4. The number of allylic oxidation sites excluding steroid dienone is 1. The van der Waals surface area contributed by atoms with Crippen molar-refractivity contribution in [3.8, 4) is 0 Å². The molecule has 5 rings (SSSR count). The minimum Gasteiger partial charge on any atom is -0.379 e. The van der Waals surface area contributed by atoms with E-state index in [2.05, 4.69) is 25.8 Å². The summed E-state index contributed by atoms with van der Waals surface area (Å²) in [6.45, 7) is 1.80. The number of fused-ring (bicyclic) bond motifs is 3. The summed E-state index contributed by atoms with van der Waals surface area (Å²) in [7, 11) is 0.